The number of hydrogen-bond donors (Lipinski definition) is 0. The van der Waals surface area contributed by atoms with Gasteiger partial charge in [0.05, 0.1) is 5.69 Å². The number of nitrogens with zero attached hydrogens (tertiary/aromatic N) is 1. The van der Waals surface area contributed by atoms with E-state index in [4.69, 9.17) is 4.42 Å². The number of benzene rings is 1. The van der Waals surface area contributed by atoms with Gasteiger partial charge < -0.3 is 9.32 Å². The molecule has 94 valence electrons. The van der Waals surface area contributed by atoms with Crippen LogP contribution < -0.4 is 10.5 Å². The minimum Gasteiger partial charge on any atom is -0.423 e. The van der Waals surface area contributed by atoms with Crippen LogP contribution >= 0.6 is 0 Å². The Balaban J connectivity index is 2.08. The van der Waals surface area contributed by atoms with Gasteiger partial charge in [-0.3, -0.25) is 0 Å². The van der Waals surface area contributed by atoms with Gasteiger partial charge >= 0.3 is 5.63 Å². The van der Waals surface area contributed by atoms with Crippen molar-refractivity contribution in [3.8, 4) is 0 Å². The summed E-state index contributed by atoms with van der Waals surface area (Å²) in [7, 11) is 0. The maximum Gasteiger partial charge on any atom is 0.338 e. The molecule has 0 N–H and O–H groups in total. The molecule has 1 fully saturated rings. The van der Waals surface area contributed by atoms with E-state index in [-0.39, 0.29) is 5.63 Å². The van der Waals surface area contributed by atoms with Crippen LogP contribution in [0, 0.1) is 5.92 Å². The van der Waals surface area contributed by atoms with E-state index in [1.54, 1.807) is 6.07 Å². The van der Waals surface area contributed by atoms with E-state index in [2.05, 4.69) is 11.8 Å². The number of piperidine rings is 1. The summed E-state index contributed by atoms with van der Waals surface area (Å²) in [5.41, 5.74) is 1.44. The highest BCUT2D eigenvalue weighted by Crippen LogP contribution is 2.28. The summed E-state index contributed by atoms with van der Waals surface area (Å²) < 4.78 is 5.23. The van der Waals surface area contributed by atoms with Crippen molar-refractivity contribution in [1.82, 2.24) is 0 Å². The van der Waals surface area contributed by atoms with Crippen molar-refractivity contribution in [1.29, 1.82) is 0 Å². The molecular formula is C15H17NO2. The van der Waals surface area contributed by atoms with Gasteiger partial charge in [0.2, 0.25) is 0 Å². The van der Waals surface area contributed by atoms with Crippen LogP contribution in [0.3, 0.4) is 0 Å². The molecule has 0 radical (unpaired) electrons. The molecule has 3 rings (SSSR count). The molecule has 0 saturated carbocycles. The lowest BCUT2D eigenvalue weighted by atomic mass is 9.98. The van der Waals surface area contributed by atoms with Gasteiger partial charge in [0.1, 0.15) is 5.58 Å². The first kappa shape index (κ1) is 11.3. The first-order valence-electron chi connectivity index (χ1n) is 6.52. The summed E-state index contributed by atoms with van der Waals surface area (Å²) in [6.45, 7) is 4.33. The van der Waals surface area contributed by atoms with Crippen LogP contribution in [0.1, 0.15) is 19.8 Å². The number of hydrogen-bond acceptors (Lipinski definition) is 3. The van der Waals surface area contributed by atoms with E-state index in [9.17, 15) is 4.79 Å². The summed E-state index contributed by atoms with van der Waals surface area (Å²) in [4.78, 5) is 13.9. The average molecular weight is 243 g/mol. The Hall–Kier alpha value is -1.77. The zero-order valence-electron chi connectivity index (χ0n) is 10.6. The number of rotatable bonds is 1. The lowest BCUT2D eigenvalue weighted by molar-refractivity contribution is 0.438. The summed E-state index contributed by atoms with van der Waals surface area (Å²) >= 11 is 0. The minimum absolute atomic E-state index is 0.262. The third-order valence-corrected chi connectivity index (χ3v) is 3.75. The number of fused-ring (bicyclic) bond motifs is 1. The molecule has 1 aliphatic heterocycles. The Kier molecular flexibility index (Phi) is 2.82. The molecule has 1 aliphatic rings. The van der Waals surface area contributed by atoms with Gasteiger partial charge in [-0.1, -0.05) is 19.1 Å². The molecule has 0 atom stereocenters. The van der Waals surface area contributed by atoms with Crippen molar-refractivity contribution < 1.29 is 4.42 Å². The van der Waals surface area contributed by atoms with Gasteiger partial charge in [0.25, 0.3) is 0 Å². The van der Waals surface area contributed by atoms with E-state index < -0.39 is 0 Å². The fourth-order valence-corrected chi connectivity index (χ4v) is 2.61. The highest BCUT2D eigenvalue weighted by molar-refractivity contribution is 5.90. The number of anilines is 1. The van der Waals surface area contributed by atoms with Gasteiger partial charge in [-0.2, -0.15) is 0 Å². The lowest BCUT2D eigenvalue weighted by Gasteiger charge is -2.32. The summed E-state index contributed by atoms with van der Waals surface area (Å²) in [5.74, 6) is 0.785. The van der Waals surface area contributed by atoms with Crippen LogP contribution in [-0.4, -0.2) is 13.1 Å². The molecule has 1 aromatic heterocycles. The molecule has 0 spiro atoms. The maximum absolute atomic E-state index is 11.6. The molecular weight excluding hydrogens is 226 g/mol. The predicted molar refractivity (Wildman–Crippen MR) is 73.1 cm³/mol. The van der Waals surface area contributed by atoms with Crippen LogP contribution in [0.4, 0.5) is 5.69 Å². The molecule has 0 bridgehead atoms. The lowest BCUT2D eigenvalue weighted by Crippen LogP contribution is -2.33. The highest BCUT2D eigenvalue weighted by Gasteiger charge is 2.18. The van der Waals surface area contributed by atoms with Crippen LogP contribution in [0.15, 0.2) is 39.5 Å². The van der Waals surface area contributed by atoms with Gasteiger partial charge in [-0.05, 0) is 30.9 Å². The maximum atomic E-state index is 11.6. The zero-order valence-corrected chi connectivity index (χ0v) is 10.6. The zero-order chi connectivity index (χ0) is 12.5. The highest BCUT2D eigenvalue weighted by atomic mass is 16.4. The molecule has 0 amide bonds. The second-order valence-electron chi connectivity index (χ2n) is 5.12. The van der Waals surface area contributed by atoms with Gasteiger partial charge in [0, 0.05) is 24.5 Å². The van der Waals surface area contributed by atoms with Gasteiger partial charge in [-0.25, -0.2) is 4.79 Å². The van der Waals surface area contributed by atoms with Crippen LogP contribution in [0.25, 0.3) is 11.0 Å². The molecule has 3 heteroatoms. The van der Waals surface area contributed by atoms with E-state index in [0.29, 0.717) is 5.58 Å². The molecule has 2 aromatic rings. The molecule has 3 nitrogen and oxygen atoms in total. The molecule has 1 saturated heterocycles. The van der Waals surface area contributed by atoms with Crippen LogP contribution in [0.2, 0.25) is 0 Å². The Morgan fingerprint density at radius 3 is 2.72 bits per heavy atom. The normalized spacial score (nSPS) is 17.3. The quantitative estimate of drug-likeness (QED) is 0.722. The Labute approximate surface area is 106 Å². The molecule has 1 aromatic carbocycles. The second-order valence-corrected chi connectivity index (χ2v) is 5.12. The Bertz CT molecular complexity index is 609. The molecule has 0 unspecified atom stereocenters. The Morgan fingerprint density at radius 1 is 1.22 bits per heavy atom. The standard InChI is InChI=1S/C15H17NO2/c1-11-6-8-16(9-7-11)13-10-15(17)18-14-5-3-2-4-12(13)14/h2-5,10-11H,6-9H2,1H3. The first-order chi connectivity index (χ1) is 8.74. The third kappa shape index (κ3) is 2.01. The summed E-state index contributed by atoms with van der Waals surface area (Å²) in [5, 5.41) is 1.03. The fraction of sp³-hybridized carbons (Fsp3) is 0.400. The van der Waals surface area contributed by atoms with Crippen molar-refractivity contribution >= 4 is 16.7 Å². The third-order valence-electron chi connectivity index (χ3n) is 3.75. The van der Waals surface area contributed by atoms with Crippen LogP contribution in [-0.2, 0) is 0 Å². The first-order valence-corrected chi connectivity index (χ1v) is 6.52. The monoisotopic (exact) mass is 243 g/mol. The van der Waals surface area contributed by atoms with Crippen molar-refractivity contribution in [2.45, 2.75) is 19.8 Å². The number of para-hydroxylation sites is 1. The largest absolute Gasteiger partial charge is 0.423 e. The van der Waals surface area contributed by atoms with E-state index in [1.165, 1.54) is 12.8 Å². The van der Waals surface area contributed by atoms with Gasteiger partial charge in [0.15, 0.2) is 0 Å². The molecule has 18 heavy (non-hydrogen) atoms. The van der Waals surface area contributed by atoms with Crippen molar-refractivity contribution in [3.05, 3.63) is 40.8 Å². The van der Waals surface area contributed by atoms with Crippen molar-refractivity contribution in [2.75, 3.05) is 18.0 Å². The smallest absolute Gasteiger partial charge is 0.338 e. The predicted octanol–water partition coefficient (Wildman–Crippen LogP) is 3.03. The minimum atomic E-state index is -0.262. The van der Waals surface area contributed by atoms with E-state index in [0.717, 1.165) is 30.1 Å². The van der Waals surface area contributed by atoms with Crippen LogP contribution in [0.5, 0.6) is 0 Å². The molecule has 0 aliphatic carbocycles. The fourth-order valence-electron chi connectivity index (χ4n) is 2.61. The second kappa shape index (κ2) is 4.48. The van der Waals surface area contributed by atoms with Gasteiger partial charge in [-0.15, -0.1) is 0 Å². The Morgan fingerprint density at radius 2 is 1.94 bits per heavy atom. The topological polar surface area (TPSA) is 33.5 Å². The van der Waals surface area contributed by atoms with E-state index >= 15 is 0 Å². The van der Waals surface area contributed by atoms with Crippen molar-refractivity contribution in [2.24, 2.45) is 5.92 Å². The molecule has 2 heterocycles. The summed E-state index contributed by atoms with van der Waals surface area (Å²) in [6.07, 6.45) is 2.38. The van der Waals surface area contributed by atoms with Crippen molar-refractivity contribution in [3.63, 3.8) is 0 Å². The summed E-state index contributed by atoms with van der Waals surface area (Å²) in [6, 6.07) is 9.38. The SMILES string of the molecule is CC1CCN(c2cc(=O)oc3ccccc23)CC1. The average Bonchev–Trinajstić information content (AvgIpc) is 2.38. The van der Waals surface area contributed by atoms with E-state index in [1.807, 2.05) is 24.3 Å².